The fourth-order valence-corrected chi connectivity index (χ4v) is 2.53. The van der Waals surface area contributed by atoms with Crippen LogP contribution < -0.4 is 11.1 Å². The van der Waals surface area contributed by atoms with E-state index in [-0.39, 0.29) is 18.0 Å². The molecule has 0 saturated heterocycles. The van der Waals surface area contributed by atoms with Crippen molar-refractivity contribution in [3.63, 3.8) is 0 Å². The van der Waals surface area contributed by atoms with Gasteiger partial charge in [-0.3, -0.25) is 4.79 Å². The van der Waals surface area contributed by atoms with Crippen molar-refractivity contribution in [2.45, 2.75) is 64.1 Å². The lowest BCUT2D eigenvalue weighted by molar-refractivity contribution is -0.200. The number of nitrogens with zero attached hydrogens (tertiary/aromatic N) is 1. The summed E-state index contributed by atoms with van der Waals surface area (Å²) in [6.45, 7) is 3.98. The number of hydrogen-bond donors (Lipinski definition) is 2. The topological polar surface area (TPSA) is 129 Å². The maximum atomic E-state index is 12.4. The second-order valence-corrected chi connectivity index (χ2v) is 7.22. The van der Waals surface area contributed by atoms with Gasteiger partial charge in [-0.15, -0.1) is 0 Å². The van der Waals surface area contributed by atoms with E-state index in [1.54, 1.807) is 13.8 Å². The minimum absolute atomic E-state index is 0.0843. The molecule has 0 bridgehead atoms. The van der Waals surface area contributed by atoms with Crippen LogP contribution >= 0.6 is 11.6 Å². The van der Waals surface area contributed by atoms with Crippen molar-refractivity contribution in [2.24, 2.45) is 16.8 Å². The fourth-order valence-electron chi connectivity index (χ4n) is 2.34. The molecule has 0 fully saturated rings. The monoisotopic (exact) mass is 445 g/mol. The van der Waals surface area contributed by atoms with Gasteiger partial charge in [-0.2, -0.15) is 13.2 Å². The van der Waals surface area contributed by atoms with E-state index in [9.17, 15) is 27.6 Å². The maximum Gasteiger partial charge on any atom is 0.490 e. The van der Waals surface area contributed by atoms with Crippen molar-refractivity contribution in [3.05, 3.63) is 0 Å². The Bertz CT molecular complexity index is 644. The molecule has 0 saturated carbocycles. The second-order valence-electron chi connectivity index (χ2n) is 6.78. The highest BCUT2D eigenvalue weighted by atomic mass is 35.5. The molecule has 166 valence electrons. The van der Waals surface area contributed by atoms with Crippen LogP contribution in [0.2, 0.25) is 0 Å². The van der Waals surface area contributed by atoms with Crippen LogP contribution in [-0.2, 0) is 28.7 Å². The van der Waals surface area contributed by atoms with Crippen molar-refractivity contribution in [1.29, 1.82) is 0 Å². The van der Waals surface area contributed by atoms with E-state index in [0.29, 0.717) is 0 Å². The van der Waals surface area contributed by atoms with Gasteiger partial charge in [0.15, 0.2) is 12.1 Å². The quantitative estimate of drug-likeness (QED) is 0.510. The highest BCUT2D eigenvalue weighted by Crippen LogP contribution is 2.19. The molecule has 0 radical (unpaired) electrons. The summed E-state index contributed by atoms with van der Waals surface area (Å²) in [5.74, 6) is -4.56. The van der Waals surface area contributed by atoms with Gasteiger partial charge in [0.25, 0.3) is 0 Å². The number of esters is 2. The van der Waals surface area contributed by atoms with E-state index in [1.807, 2.05) is 0 Å². The number of ether oxygens (including phenoxy) is 2. The summed E-state index contributed by atoms with van der Waals surface area (Å²) in [7, 11) is 0. The molecule has 1 heterocycles. The Kier molecular flexibility index (Phi) is 9.14. The Hall–Kier alpha value is -2.08. The predicted octanol–water partition coefficient (Wildman–Crippen LogP) is 1.22. The van der Waals surface area contributed by atoms with Crippen LogP contribution in [0.3, 0.4) is 0 Å². The van der Waals surface area contributed by atoms with E-state index in [0.717, 1.165) is 0 Å². The van der Waals surface area contributed by atoms with Crippen LogP contribution in [0.4, 0.5) is 13.2 Å². The number of carbonyl (C=O) groups is 3. The number of carbonyl (C=O) groups excluding carboxylic acids is 3. The van der Waals surface area contributed by atoms with Crippen molar-refractivity contribution < 1.29 is 41.9 Å². The maximum absolute atomic E-state index is 12.4. The molecule has 1 aliphatic heterocycles. The minimum atomic E-state index is -5.13. The van der Waals surface area contributed by atoms with Gasteiger partial charge >= 0.3 is 18.1 Å². The van der Waals surface area contributed by atoms with Crippen LogP contribution in [0, 0.1) is 5.92 Å². The molecule has 0 aliphatic carbocycles. The van der Waals surface area contributed by atoms with E-state index in [2.05, 4.69) is 15.2 Å². The summed E-state index contributed by atoms with van der Waals surface area (Å²) < 4.78 is 45.5. The number of hydrogen-bond acceptors (Lipinski definition) is 8. The zero-order chi connectivity index (χ0) is 22.4. The summed E-state index contributed by atoms with van der Waals surface area (Å²) in [6, 6.07) is -2.23. The largest absolute Gasteiger partial charge is 0.490 e. The molecule has 1 aliphatic rings. The fraction of sp³-hybridized carbons (Fsp3) is 0.750. The van der Waals surface area contributed by atoms with Crippen LogP contribution in [0.25, 0.3) is 0 Å². The molecule has 3 N–H and O–H groups in total. The molecule has 4 atom stereocenters. The summed E-state index contributed by atoms with van der Waals surface area (Å²) in [5.41, 5.74) is 5.62. The van der Waals surface area contributed by atoms with Gasteiger partial charge in [0.1, 0.15) is 11.8 Å². The van der Waals surface area contributed by atoms with E-state index >= 15 is 0 Å². The molecular formula is C16H23ClF3N3O6. The molecule has 0 spiro atoms. The van der Waals surface area contributed by atoms with Gasteiger partial charge in [0.05, 0.1) is 6.10 Å². The van der Waals surface area contributed by atoms with E-state index in [1.165, 1.54) is 6.92 Å². The molecule has 9 nitrogen and oxygen atoms in total. The Balaban J connectivity index is 2.63. The minimum Gasteiger partial charge on any atom is -0.461 e. The normalized spacial score (nSPS) is 19.6. The number of amides is 1. The second kappa shape index (κ2) is 10.6. The molecule has 0 aromatic rings. The van der Waals surface area contributed by atoms with Crippen LogP contribution in [0.5, 0.6) is 0 Å². The van der Waals surface area contributed by atoms with Crippen LogP contribution in [0.15, 0.2) is 5.16 Å². The first-order valence-electron chi connectivity index (χ1n) is 8.69. The Morgan fingerprint density at radius 1 is 1.34 bits per heavy atom. The van der Waals surface area contributed by atoms with Gasteiger partial charge in [-0.1, -0.05) is 23.7 Å². The van der Waals surface area contributed by atoms with E-state index < -0.39 is 60.8 Å². The van der Waals surface area contributed by atoms with Gasteiger partial charge in [0.2, 0.25) is 5.91 Å². The van der Waals surface area contributed by atoms with Crippen LogP contribution in [-0.4, -0.2) is 60.1 Å². The molecule has 29 heavy (non-hydrogen) atoms. The van der Waals surface area contributed by atoms with Crippen molar-refractivity contribution in [3.8, 4) is 0 Å². The average molecular weight is 446 g/mol. The Morgan fingerprint density at radius 3 is 2.45 bits per heavy atom. The third-order valence-corrected chi connectivity index (χ3v) is 3.92. The lowest BCUT2D eigenvalue weighted by Crippen LogP contribution is -2.52. The van der Waals surface area contributed by atoms with Gasteiger partial charge in [0, 0.05) is 18.4 Å². The molecule has 0 aromatic heterocycles. The summed E-state index contributed by atoms with van der Waals surface area (Å²) in [4.78, 5) is 40.5. The average Bonchev–Trinajstić information content (AvgIpc) is 3.01. The van der Waals surface area contributed by atoms with Gasteiger partial charge in [-0.05, 0) is 20.3 Å². The molecule has 13 heteroatoms. The standard InChI is InChI=1S/C16H23ClF3N3O6/c1-7(2)28-14(25)12(10-5-11(17)23-29-10)22-13(24)8(3)4-9(21)6-27-15(26)16(18,19)20/h7-10,12H,4-6,21H2,1-3H3,(H,22,24)/t8?,9?,10-,12?/m1/s1. The molecule has 1 amide bonds. The van der Waals surface area contributed by atoms with Gasteiger partial charge in [-0.25, -0.2) is 9.59 Å². The van der Waals surface area contributed by atoms with Crippen molar-refractivity contribution in [2.75, 3.05) is 6.61 Å². The third kappa shape index (κ3) is 8.44. The number of alkyl halides is 3. The number of oxime groups is 1. The summed E-state index contributed by atoms with van der Waals surface area (Å²) >= 11 is 5.74. The van der Waals surface area contributed by atoms with Gasteiger partial charge < -0.3 is 25.4 Å². The van der Waals surface area contributed by atoms with E-state index in [4.69, 9.17) is 26.9 Å². The van der Waals surface area contributed by atoms with Crippen molar-refractivity contribution in [1.82, 2.24) is 5.32 Å². The SMILES string of the molecule is CC(C)OC(=O)C(NC(=O)C(C)CC(N)COC(=O)C(F)(F)F)[C@H]1CC(Cl)=NO1. The molecule has 0 aromatic carbocycles. The lowest BCUT2D eigenvalue weighted by Gasteiger charge is -2.25. The zero-order valence-electron chi connectivity index (χ0n) is 16.0. The number of nitrogens with one attached hydrogen (secondary N) is 1. The highest BCUT2D eigenvalue weighted by Gasteiger charge is 2.41. The lowest BCUT2D eigenvalue weighted by atomic mass is 10.0. The molecule has 3 unspecified atom stereocenters. The number of nitrogens with two attached hydrogens (primary N) is 1. The zero-order valence-corrected chi connectivity index (χ0v) is 16.7. The first kappa shape index (κ1) is 25.0. The first-order valence-corrected chi connectivity index (χ1v) is 9.07. The summed E-state index contributed by atoms with van der Waals surface area (Å²) in [6.07, 6.45) is -6.47. The predicted molar refractivity (Wildman–Crippen MR) is 94.7 cm³/mol. The Morgan fingerprint density at radius 2 is 1.97 bits per heavy atom. The smallest absolute Gasteiger partial charge is 0.461 e. The van der Waals surface area contributed by atoms with Crippen LogP contribution in [0.1, 0.15) is 33.6 Å². The summed E-state index contributed by atoms with van der Waals surface area (Å²) in [5, 5.41) is 6.11. The molecular weight excluding hydrogens is 423 g/mol. The molecule has 1 rings (SSSR count). The highest BCUT2D eigenvalue weighted by molar-refractivity contribution is 6.65. The number of halogens is 4. The van der Waals surface area contributed by atoms with Crippen molar-refractivity contribution >= 4 is 34.6 Å². The first-order chi connectivity index (χ1) is 13.3. The third-order valence-electron chi connectivity index (χ3n) is 3.70. The Labute approximate surface area is 170 Å². The number of rotatable bonds is 9.